The van der Waals surface area contributed by atoms with Crippen LogP contribution in [-0.2, 0) is 13.0 Å². The zero-order valence-electron chi connectivity index (χ0n) is 18.6. The highest BCUT2D eigenvalue weighted by Crippen LogP contribution is 2.29. The number of ether oxygens (including phenoxy) is 1. The average molecular weight is 469 g/mol. The van der Waals surface area contributed by atoms with Crippen molar-refractivity contribution in [2.75, 3.05) is 13.7 Å². The summed E-state index contributed by atoms with van der Waals surface area (Å²) >= 11 is 6.59. The SMILES string of the molecule is COc1cc(-c2nc(Cc3ccc4[nH]ncc4c3Cl)n(CCO)n2)ccc1C(=O)NC(C)C. The number of benzene rings is 2. The van der Waals surface area contributed by atoms with Gasteiger partial charge in [-0.25, -0.2) is 9.67 Å². The second kappa shape index (κ2) is 9.60. The molecule has 0 bridgehead atoms. The molecular weight excluding hydrogens is 444 g/mol. The summed E-state index contributed by atoms with van der Waals surface area (Å²) in [5.41, 5.74) is 2.87. The van der Waals surface area contributed by atoms with Crippen LogP contribution in [0.3, 0.4) is 0 Å². The molecule has 0 atom stereocenters. The number of carbonyl (C=O) groups excluding carboxylic acids is 1. The lowest BCUT2D eigenvalue weighted by Gasteiger charge is -2.12. The number of methoxy groups -OCH3 is 1. The quantitative estimate of drug-likeness (QED) is 0.365. The zero-order valence-corrected chi connectivity index (χ0v) is 19.3. The van der Waals surface area contributed by atoms with Crippen molar-refractivity contribution in [3.8, 4) is 17.1 Å². The second-order valence-electron chi connectivity index (χ2n) is 7.89. The van der Waals surface area contributed by atoms with Gasteiger partial charge in [-0.05, 0) is 37.6 Å². The molecule has 10 heteroatoms. The smallest absolute Gasteiger partial charge is 0.255 e. The van der Waals surface area contributed by atoms with Gasteiger partial charge < -0.3 is 15.2 Å². The fourth-order valence-electron chi connectivity index (χ4n) is 3.59. The van der Waals surface area contributed by atoms with Crippen LogP contribution in [-0.4, -0.2) is 55.7 Å². The maximum Gasteiger partial charge on any atom is 0.255 e. The molecule has 2 heterocycles. The van der Waals surface area contributed by atoms with Crippen LogP contribution in [0.1, 0.15) is 35.6 Å². The molecule has 4 rings (SSSR count). The molecule has 2 aromatic carbocycles. The normalized spacial score (nSPS) is 11.3. The van der Waals surface area contributed by atoms with Crippen molar-refractivity contribution in [3.63, 3.8) is 0 Å². The van der Waals surface area contributed by atoms with Crippen molar-refractivity contribution in [1.29, 1.82) is 0 Å². The lowest BCUT2D eigenvalue weighted by molar-refractivity contribution is 0.0940. The first-order valence-electron chi connectivity index (χ1n) is 10.6. The summed E-state index contributed by atoms with van der Waals surface area (Å²) in [6, 6.07) is 9.07. The van der Waals surface area contributed by atoms with Gasteiger partial charge in [0, 0.05) is 23.4 Å². The van der Waals surface area contributed by atoms with E-state index in [1.165, 1.54) is 7.11 Å². The van der Waals surface area contributed by atoms with Gasteiger partial charge in [0.25, 0.3) is 5.91 Å². The van der Waals surface area contributed by atoms with Crippen molar-refractivity contribution in [2.45, 2.75) is 32.9 Å². The van der Waals surface area contributed by atoms with E-state index >= 15 is 0 Å². The number of hydrogen-bond donors (Lipinski definition) is 3. The van der Waals surface area contributed by atoms with Crippen LogP contribution in [0, 0.1) is 0 Å². The molecule has 33 heavy (non-hydrogen) atoms. The maximum absolute atomic E-state index is 12.5. The third-order valence-electron chi connectivity index (χ3n) is 5.17. The molecular formula is C23H25ClN6O3. The van der Waals surface area contributed by atoms with Gasteiger partial charge in [-0.2, -0.15) is 10.2 Å². The average Bonchev–Trinajstić information content (AvgIpc) is 3.43. The molecule has 0 spiro atoms. The molecule has 0 radical (unpaired) electrons. The molecule has 1 amide bonds. The summed E-state index contributed by atoms with van der Waals surface area (Å²) in [5, 5.41) is 25.3. The Kier molecular flexibility index (Phi) is 6.62. The molecule has 172 valence electrons. The number of carbonyl (C=O) groups is 1. The minimum Gasteiger partial charge on any atom is -0.496 e. The van der Waals surface area contributed by atoms with Gasteiger partial charge in [-0.3, -0.25) is 9.89 Å². The first-order valence-corrected chi connectivity index (χ1v) is 10.9. The maximum atomic E-state index is 12.5. The van der Waals surface area contributed by atoms with E-state index in [-0.39, 0.29) is 18.6 Å². The van der Waals surface area contributed by atoms with Crippen molar-refractivity contribution in [3.05, 3.63) is 58.5 Å². The number of fused-ring (bicyclic) bond motifs is 1. The van der Waals surface area contributed by atoms with Gasteiger partial charge in [-0.15, -0.1) is 0 Å². The Balaban J connectivity index is 1.68. The molecule has 0 aliphatic carbocycles. The summed E-state index contributed by atoms with van der Waals surface area (Å²) in [7, 11) is 1.52. The van der Waals surface area contributed by atoms with Crippen LogP contribution in [0.25, 0.3) is 22.3 Å². The van der Waals surface area contributed by atoms with Crippen LogP contribution in [0.5, 0.6) is 5.75 Å². The molecule has 0 saturated heterocycles. The van der Waals surface area contributed by atoms with E-state index in [2.05, 4.69) is 20.6 Å². The highest BCUT2D eigenvalue weighted by atomic mass is 35.5. The summed E-state index contributed by atoms with van der Waals surface area (Å²) in [4.78, 5) is 17.2. The van der Waals surface area contributed by atoms with E-state index in [1.54, 1.807) is 29.1 Å². The number of H-pyrrole nitrogens is 1. The van der Waals surface area contributed by atoms with Gasteiger partial charge in [0.05, 0.1) is 42.6 Å². The summed E-state index contributed by atoms with van der Waals surface area (Å²) in [6.45, 7) is 4.00. The topological polar surface area (TPSA) is 118 Å². The van der Waals surface area contributed by atoms with E-state index in [0.717, 1.165) is 16.5 Å². The van der Waals surface area contributed by atoms with Crippen molar-refractivity contribution in [1.82, 2.24) is 30.3 Å². The van der Waals surface area contributed by atoms with Gasteiger partial charge in [0.2, 0.25) is 0 Å². The number of aromatic amines is 1. The number of nitrogens with zero attached hydrogens (tertiary/aromatic N) is 4. The van der Waals surface area contributed by atoms with Gasteiger partial charge in [0.1, 0.15) is 11.6 Å². The van der Waals surface area contributed by atoms with Crippen LogP contribution in [0.2, 0.25) is 5.02 Å². The van der Waals surface area contributed by atoms with Crippen molar-refractivity contribution < 1.29 is 14.6 Å². The number of amides is 1. The number of nitrogens with one attached hydrogen (secondary N) is 2. The van der Waals surface area contributed by atoms with Crippen LogP contribution < -0.4 is 10.1 Å². The van der Waals surface area contributed by atoms with E-state index in [1.807, 2.05) is 26.0 Å². The summed E-state index contributed by atoms with van der Waals surface area (Å²) < 4.78 is 7.11. The first kappa shape index (κ1) is 22.8. The number of rotatable bonds is 8. The number of aliphatic hydroxyl groups is 1. The molecule has 0 fully saturated rings. The van der Waals surface area contributed by atoms with E-state index in [0.29, 0.717) is 46.5 Å². The zero-order chi connectivity index (χ0) is 23.5. The Morgan fingerprint density at radius 2 is 2.12 bits per heavy atom. The Bertz CT molecular complexity index is 1300. The summed E-state index contributed by atoms with van der Waals surface area (Å²) in [6.07, 6.45) is 2.12. The van der Waals surface area contributed by atoms with Gasteiger partial charge in [0.15, 0.2) is 5.82 Å². The number of aliphatic hydroxyl groups excluding tert-OH is 1. The van der Waals surface area contributed by atoms with Gasteiger partial charge >= 0.3 is 0 Å². The fraction of sp³-hybridized carbons (Fsp3) is 0.304. The molecule has 0 saturated carbocycles. The Morgan fingerprint density at radius 1 is 1.30 bits per heavy atom. The lowest BCUT2D eigenvalue weighted by Crippen LogP contribution is -2.30. The van der Waals surface area contributed by atoms with E-state index in [9.17, 15) is 9.90 Å². The number of hydrogen-bond acceptors (Lipinski definition) is 6. The van der Waals surface area contributed by atoms with Gasteiger partial charge in [-0.1, -0.05) is 23.7 Å². The monoisotopic (exact) mass is 468 g/mol. The molecule has 0 unspecified atom stereocenters. The predicted molar refractivity (Wildman–Crippen MR) is 126 cm³/mol. The molecule has 2 aromatic heterocycles. The van der Waals surface area contributed by atoms with Crippen LogP contribution in [0.4, 0.5) is 0 Å². The molecule has 3 N–H and O–H groups in total. The Labute approximate surface area is 195 Å². The highest BCUT2D eigenvalue weighted by molar-refractivity contribution is 6.36. The van der Waals surface area contributed by atoms with Crippen LogP contribution in [0.15, 0.2) is 36.5 Å². The minimum atomic E-state index is -0.211. The highest BCUT2D eigenvalue weighted by Gasteiger charge is 2.18. The van der Waals surface area contributed by atoms with E-state index < -0.39 is 0 Å². The standard InChI is InChI=1S/C23H25ClN6O3/c1-13(2)26-23(32)16-6-4-15(10-19(16)33-3)22-27-20(30(29-22)8-9-31)11-14-5-7-18-17(21(14)24)12-25-28-18/h4-7,10,12-13,31H,8-9,11H2,1-3H3,(H,25,28)(H,26,32). The van der Waals surface area contributed by atoms with Crippen molar-refractivity contribution in [2.24, 2.45) is 0 Å². The van der Waals surface area contributed by atoms with E-state index in [4.69, 9.17) is 21.3 Å². The largest absolute Gasteiger partial charge is 0.496 e. The number of halogens is 1. The number of aromatic nitrogens is 5. The third kappa shape index (κ3) is 4.69. The van der Waals surface area contributed by atoms with Crippen LogP contribution >= 0.6 is 11.6 Å². The fourth-order valence-corrected chi connectivity index (χ4v) is 3.87. The third-order valence-corrected chi connectivity index (χ3v) is 5.62. The second-order valence-corrected chi connectivity index (χ2v) is 8.27. The first-order chi connectivity index (χ1) is 15.9. The summed E-state index contributed by atoms with van der Waals surface area (Å²) in [5.74, 6) is 1.34. The molecule has 0 aliphatic heterocycles. The van der Waals surface area contributed by atoms with Crippen molar-refractivity contribution >= 4 is 28.4 Å². The molecule has 4 aromatic rings. The molecule has 0 aliphatic rings. The lowest BCUT2D eigenvalue weighted by atomic mass is 10.1. The Morgan fingerprint density at radius 3 is 2.85 bits per heavy atom. The molecule has 9 nitrogen and oxygen atoms in total. The predicted octanol–water partition coefficient (Wildman–Crippen LogP) is 3.20. The Hall–Kier alpha value is -3.43. The minimum absolute atomic E-state index is 0.00776.